The van der Waals surface area contributed by atoms with Crippen LogP contribution < -0.4 is 5.32 Å². The van der Waals surface area contributed by atoms with Gasteiger partial charge in [0.25, 0.3) is 0 Å². The molecule has 3 heterocycles. The lowest BCUT2D eigenvalue weighted by molar-refractivity contribution is 0.197. The van der Waals surface area contributed by atoms with Crippen LogP contribution in [-0.2, 0) is 19.6 Å². The highest BCUT2D eigenvalue weighted by Gasteiger charge is 2.27. The van der Waals surface area contributed by atoms with E-state index in [1.807, 2.05) is 6.07 Å². The fourth-order valence-electron chi connectivity index (χ4n) is 3.67. The van der Waals surface area contributed by atoms with Gasteiger partial charge in [-0.2, -0.15) is 0 Å². The van der Waals surface area contributed by atoms with E-state index in [9.17, 15) is 4.39 Å². The van der Waals surface area contributed by atoms with E-state index in [0.29, 0.717) is 12.5 Å². The minimum Gasteiger partial charge on any atom is -0.312 e. The molecule has 0 amide bonds. The summed E-state index contributed by atoms with van der Waals surface area (Å²) in [6, 6.07) is 5.15. The summed E-state index contributed by atoms with van der Waals surface area (Å²) in [5.74, 6) is 2.53. The number of benzene rings is 1. The zero-order valence-corrected chi connectivity index (χ0v) is 15.1. The van der Waals surface area contributed by atoms with Crippen LogP contribution in [0.1, 0.15) is 36.0 Å². The molecule has 24 heavy (non-hydrogen) atoms. The Balaban J connectivity index is 1.40. The molecular weight excluding hydrogens is 373 g/mol. The van der Waals surface area contributed by atoms with E-state index in [2.05, 4.69) is 40.9 Å². The highest BCUT2D eigenvalue weighted by Crippen LogP contribution is 2.29. The normalized spacial score (nSPS) is 19.4. The Hall–Kier alpha value is -1.31. The highest BCUT2D eigenvalue weighted by atomic mass is 79.9. The number of nitrogens with zero attached hydrogens (tertiary/aromatic N) is 4. The number of halogens is 2. The maximum Gasteiger partial charge on any atom is 0.147 e. The van der Waals surface area contributed by atoms with Crippen molar-refractivity contribution in [3.05, 3.63) is 45.7 Å². The molecule has 0 aliphatic carbocycles. The average molecular weight is 394 g/mol. The quantitative estimate of drug-likeness (QED) is 0.870. The summed E-state index contributed by atoms with van der Waals surface area (Å²) in [5.41, 5.74) is 0.758. The lowest BCUT2D eigenvalue weighted by Crippen LogP contribution is -2.35. The molecule has 2 aliphatic heterocycles. The number of likely N-dealkylation sites (tertiary alicyclic amines) is 1. The number of nitrogens with one attached hydrogen (secondary N) is 1. The maximum absolute atomic E-state index is 13.9. The Bertz CT molecular complexity index is 724. The van der Waals surface area contributed by atoms with Crippen LogP contribution in [0.3, 0.4) is 0 Å². The number of fused-ring (bicyclic) bond motifs is 1. The van der Waals surface area contributed by atoms with Crippen molar-refractivity contribution in [1.29, 1.82) is 0 Å². The molecule has 1 aromatic carbocycles. The smallest absolute Gasteiger partial charge is 0.147 e. The molecule has 7 heteroatoms. The molecule has 0 bridgehead atoms. The number of hydrogen-bond donors (Lipinski definition) is 1. The summed E-state index contributed by atoms with van der Waals surface area (Å²) in [4.78, 5) is 2.33. The van der Waals surface area contributed by atoms with E-state index in [1.54, 1.807) is 6.07 Å². The number of hydrogen-bond acceptors (Lipinski definition) is 4. The standard InChI is InChI=1S/C17H21BrFN5/c18-14-1-2-15(19)13(9-14)11-23-6-3-12(4-7-23)17-22-21-16-10-20-5-8-24(16)17/h1-2,9,12,20H,3-8,10-11H2. The predicted molar refractivity (Wildman–Crippen MR) is 93.1 cm³/mol. The predicted octanol–water partition coefficient (Wildman–Crippen LogP) is 2.66. The van der Waals surface area contributed by atoms with Crippen molar-refractivity contribution in [3.8, 4) is 0 Å². The lowest BCUT2D eigenvalue weighted by atomic mass is 9.95. The van der Waals surface area contributed by atoms with E-state index < -0.39 is 0 Å². The molecule has 0 atom stereocenters. The van der Waals surface area contributed by atoms with E-state index in [0.717, 1.165) is 67.3 Å². The van der Waals surface area contributed by atoms with Gasteiger partial charge in [-0.05, 0) is 44.1 Å². The third-order valence-electron chi connectivity index (χ3n) is 5.01. The molecule has 0 radical (unpaired) electrons. The van der Waals surface area contributed by atoms with Crippen LogP contribution in [0.4, 0.5) is 4.39 Å². The average Bonchev–Trinajstić information content (AvgIpc) is 3.03. The monoisotopic (exact) mass is 393 g/mol. The van der Waals surface area contributed by atoms with Gasteiger partial charge in [0.15, 0.2) is 0 Å². The second-order valence-corrected chi connectivity index (χ2v) is 7.50. The second kappa shape index (κ2) is 6.90. The van der Waals surface area contributed by atoms with Crippen molar-refractivity contribution >= 4 is 15.9 Å². The summed E-state index contributed by atoms with van der Waals surface area (Å²) in [6.07, 6.45) is 2.11. The summed E-state index contributed by atoms with van der Waals surface area (Å²) < 4.78 is 17.1. The Morgan fingerprint density at radius 3 is 2.88 bits per heavy atom. The number of rotatable bonds is 3. The lowest BCUT2D eigenvalue weighted by Gasteiger charge is -2.32. The second-order valence-electron chi connectivity index (χ2n) is 6.59. The molecule has 0 spiro atoms. The molecule has 1 saturated heterocycles. The first kappa shape index (κ1) is 16.2. The van der Waals surface area contributed by atoms with Crippen molar-refractivity contribution in [1.82, 2.24) is 25.0 Å². The van der Waals surface area contributed by atoms with Gasteiger partial charge in [0.05, 0.1) is 6.54 Å². The van der Waals surface area contributed by atoms with Crippen LogP contribution in [0.5, 0.6) is 0 Å². The minimum absolute atomic E-state index is 0.126. The maximum atomic E-state index is 13.9. The zero-order chi connectivity index (χ0) is 16.5. The van der Waals surface area contributed by atoms with E-state index in [4.69, 9.17) is 0 Å². The molecule has 2 aliphatic rings. The fourth-order valence-corrected chi connectivity index (χ4v) is 4.08. The zero-order valence-electron chi connectivity index (χ0n) is 13.5. The van der Waals surface area contributed by atoms with Gasteiger partial charge in [-0.15, -0.1) is 10.2 Å². The SMILES string of the molecule is Fc1ccc(Br)cc1CN1CCC(c2nnc3n2CCNC3)CC1. The molecular formula is C17H21BrFN5. The van der Waals surface area contributed by atoms with Crippen molar-refractivity contribution in [3.63, 3.8) is 0 Å². The molecule has 4 rings (SSSR count). The van der Waals surface area contributed by atoms with Crippen LogP contribution in [-0.4, -0.2) is 39.3 Å². The highest BCUT2D eigenvalue weighted by molar-refractivity contribution is 9.10. The fraction of sp³-hybridized carbons (Fsp3) is 0.529. The van der Waals surface area contributed by atoms with Crippen LogP contribution in [0.15, 0.2) is 22.7 Å². The van der Waals surface area contributed by atoms with E-state index in [-0.39, 0.29) is 5.82 Å². The van der Waals surface area contributed by atoms with Gasteiger partial charge in [0.2, 0.25) is 0 Å². The third kappa shape index (κ3) is 3.25. The van der Waals surface area contributed by atoms with Gasteiger partial charge in [-0.25, -0.2) is 4.39 Å². The first-order valence-corrected chi connectivity index (χ1v) is 9.29. The first-order chi connectivity index (χ1) is 11.7. The summed E-state index contributed by atoms with van der Waals surface area (Å²) in [5, 5.41) is 12.1. The molecule has 5 nitrogen and oxygen atoms in total. The number of piperidine rings is 1. The first-order valence-electron chi connectivity index (χ1n) is 8.49. The van der Waals surface area contributed by atoms with Gasteiger partial charge >= 0.3 is 0 Å². The van der Waals surface area contributed by atoms with Crippen molar-refractivity contribution in [2.45, 2.75) is 38.4 Å². The molecule has 0 saturated carbocycles. The van der Waals surface area contributed by atoms with Crippen molar-refractivity contribution in [2.75, 3.05) is 19.6 Å². The van der Waals surface area contributed by atoms with Gasteiger partial charge in [-0.1, -0.05) is 15.9 Å². The summed E-state index contributed by atoms with van der Waals surface area (Å²) in [7, 11) is 0. The van der Waals surface area contributed by atoms with Crippen molar-refractivity contribution < 1.29 is 4.39 Å². The Kier molecular flexibility index (Phi) is 4.65. The molecule has 128 valence electrons. The van der Waals surface area contributed by atoms with Gasteiger partial charge in [0.1, 0.15) is 17.5 Å². The summed E-state index contributed by atoms with van der Waals surface area (Å²) >= 11 is 3.42. The topological polar surface area (TPSA) is 46.0 Å². The van der Waals surface area contributed by atoms with E-state index in [1.165, 1.54) is 6.07 Å². The molecule has 0 unspecified atom stereocenters. The van der Waals surface area contributed by atoms with Crippen LogP contribution in [0.2, 0.25) is 0 Å². The Morgan fingerprint density at radius 1 is 1.21 bits per heavy atom. The van der Waals surface area contributed by atoms with Crippen LogP contribution >= 0.6 is 15.9 Å². The molecule has 1 aromatic heterocycles. The van der Waals surface area contributed by atoms with Gasteiger partial charge in [-0.3, -0.25) is 4.90 Å². The molecule has 1 N–H and O–H groups in total. The Labute approximate surface area is 149 Å². The van der Waals surface area contributed by atoms with Crippen LogP contribution in [0.25, 0.3) is 0 Å². The third-order valence-corrected chi connectivity index (χ3v) is 5.50. The molecule has 2 aromatic rings. The Morgan fingerprint density at radius 2 is 2.04 bits per heavy atom. The summed E-state index contributed by atoms with van der Waals surface area (Å²) in [6.45, 7) is 5.36. The largest absolute Gasteiger partial charge is 0.312 e. The minimum atomic E-state index is -0.126. The van der Waals surface area contributed by atoms with Crippen molar-refractivity contribution in [2.24, 2.45) is 0 Å². The number of aromatic nitrogens is 3. The van der Waals surface area contributed by atoms with Crippen LogP contribution in [0, 0.1) is 5.82 Å². The molecule has 1 fully saturated rings. The van der Waals surface area contributed by atoms with Gasteiger partial charge in [0, 0.05) is 35.6 Å². The van der Waals surface area contributed by atoms with Gasteiger partial charge < -0.3 is 9.88 Å². The van der Waals surface area contributed by atoms with E-state index >= 15 is 0 Å².